The molecule has 0 saturated carbocycles. The number of aromatic hydroxyl groups is 1. The molecule has 22 heavy (non-hydrogen) atoms. The first-order valence-corrected chi connectivity index (χ1v) is 6.55. The zero-order valence-electron chi connectivity index (χ0n) is 11.7. The quantitative estimate of drug-likeness (QED) is 0.682. The number of hydrogen-bond donors (Lipinski definition) is 1. The van der Waals surface area contributed by atoms with Crippen LogP contribution in [0.1, 0.15) is 11.1 Å². The number of ether oxygens (including phenoxy) is 1. The Bertz CT molecular complexity index is 730. The molecule has 4 heteroatoms. The molecule has 2 aromatic rings. The van der Waals surface area contributed by atoms with Crippen molar-refractivity contribution in [3.63, 3.8) is 0 Å². The molecule has 1 aliphatic heterocycles. The van der Waals surface area contributed by atoms with Gasteiger partial charge in [-0.05, 0) is 11.6 Å². The second-order valence-electron chi connectivity index (χ2n) is 4.40. The number of benzene rings is 2. The maximum atomic E-state index is 11.1. The average Bonchev–Trinajstić information content (AvgIpc) is 2.88. The molecule has 4 nitrogen and oxygen atoms in total. The van der Waals surface area contributed by atoms with E-state index in [1.54, 1.807) is 42.5 Å². The fourth-order valence-corrected chi connectivity index (χ4v) is 1.83. The van der Waals surface area contributed by atoms with E-state index in [2.05, 4.69) is 11.3 Å². The molecule has 0 spiro atoms. The average molecular weight is 294 g/mol. The lowest BCUT2D eigenvalue weighted by molar-refractivity contribution is -0.149. The highest BCUT2D eigenvalue weighted by Gasteiger charge is 2.24. The third-order valence-electron chi connectivity index (χ3n) is 2.92. The standard InChI is InChI=1S/C10H6O3.C8H8O/c11-9-6-8(10(12)13-9)7-4-2-1-3-5-7;1-2-7-5-3-4-6-8(7)9/h1-6H;2-6,9H,1H2. The van der Waals surface area contributed by atoms with Gasteiger partial charge >= 0.3 is 11.9 Å². The molecule has 2 aromatic carbocycles. The van der Waals surface area contributed by atoms with Crippen LogP contribution in [0.3, 0.4) is 0 Å². The van der Waals surface area contributed by atoms with E-state index in [1.165, 1.54) is 6.08 Å². The Morgan fingerprint density at radius 1 is 0.955 bits per heavy atom. The van der Waals surface area contributed by atoms with Gasteiger partial charge in [0, 0.05) is 11.6 Å². The molecule has 0 atom stereocenters. The Labute approximate surface area is 128 Å². The molecule has 0 unspecified atom stereocenters. The van der Waals surface area contributed by atoms with Crippen LogP contribution >= 0.6 is 0 Å². The van der Waals surface area contributed by atoms with Gasteiger partial charge in [0.25, 0.3) is 0 Å². The van der Waals surface area contributed by atoms with Gasteiger partial charge in [-0.15, -0.1) is 0 Å². The van der Waals surface area contributed by atoms with Crippen molar-refractivity contribution in [2.45, 2.75) is 0 Å². The fourth-order valence-electron chi connectivity index (χ4n) is 1.83. The van der Waals surface area contributed by atoms with Crippen LogP contribution in [0.5, 0.6) is 5.75 Å². The van der Waals surface area contributed by atoms with Crippen molar-refractivity contribution in [3.8, 4) is 5.75 Å². The van der Waals surface area contributed by atoms with E-state index in [0.717, 1.165) is 5.56 Å². The molecule has 1 N–H and O–H groups in total. The zero-order chi connectivity index (χ0) is 15.9. The molecule has 3 rings (SSSR count). The first-order chi connectivity index (χ1) is 10.6. The lowest BCUT2D eigenvalue weighted by Crippen LogP contribution is -2.00. The zero-order valence-corrected chi connectivity index (χ0v) is 11.7. The van der Waals surface area contributed by atoms with E-state index in [0.29, 0.717) is 11.1 Å². The fraction of sp³-hybridized carbons (Fsp3) is 0. The number of phenols is 1. The molecule has 110 valence electrons. The highest BCUT2D eigenvalue weighted by molar-refractivity contribution is 6.28. The van der Waals surface area contributed by atoms with Crippen molar-refractivity contribution < 1.29 is 19.4 Å². The Kier molecular flexibility index (Phi) is 4.88. The van der Waals surface area contributed by atoms with Crippen molar-refractivity contribution in [2.24, 2.45) is 0 Å². The number of carbonyl (C=O) groups excluding carboxylic acids is 2. The minimum atomic E-state index is -0.594. The van der Waals surface area contributed by atoms with Gasteiger partial charge in [0.2, 0.25) is 0 Å². The first-order valence-electron chi connectivity index (χ1n) is 6.55. The van der Waals surface area contributed by atoms with Gasteiger partial charge in [-0.2, -0.15) is 0 Å². The molecule has 0 saturated heterocycles. The summed E-state index contributed by atoms with van der Waals surface area (Å²) in [6, 6.07) is 16.0. The van der Waals surface area contributed by atoms with Crippen molar-refractivity contribution in [3.05, 3.63) is 78.4 Å². The summed E-state index contributed by atoms with van der Waals surface area (Å²) in [5, 5.41) is 9.04. The van der Waals surface area contributed by atoms with Crippen LogP contribution in [-0.4, -0.2) is 17.0 Å². The van der Waals surface area contributed by atoms with E-state index in [1.807, 2.05) is 18.2 Å². The summed E-state index contributed by atoms with van der Waals surface area (Å²) >= 11 is 0. The molecule has 0 bridgehead atoms. The van der Waals surface area contributed by atoms with Crippen LogP contribution in [0.15, 0.2) is 67.3 Å². The SMILES string of the molecule is C=Cc1ccccc1O.O=C1C=C(c2ccccc2)C(=O)O1. The predicted octanol–water partition coefficient (Wildman–Crippen LogP) is 3.19. The van der Waals surface area contributed by atoms with Crippen molar-refractivity contribution in [2.75, 3.05) is 0 Å². The summed E-state index contributed by atoms with van der Waals surface area (Å²) in [6.07, 6.45) is 2.83. The maximum absolute atomic E-state index is 11.1. The Morgan fingerprint density at radius 3 is 2.09 bits per heavy atom. The molecular weight excluding hydrogens is 280 g/mol. The second kappa shape index (κ2) is 7.04. The number of carbonyl (C=O) groups is 2. The van der Waals surface area contributed by atoms with Crippen LogP contribution in [0.4, 0.5) is 0 Å². The highest BCUT2D eigenvalue weighted by Crippen LogP contribution is 2.20. The Hall–Kier alpha value is -3.14. The minimum Gasteiger partial charge on any atom is -0.507 e. The summed E-state index contributed by atoms with van der Waals surface area (Å²) in [5.74, 6) is -0.882. The Balaban J connectivity index is 0.000000172. The number of rotatable bonds is 2. The van der Waals surface area contributed by atoms with Crippen molar-refractivity contribution in [1.82, 2.24) is 0 Å². The van der Waals surface area contributed by atoms with Gasteiger partial charge in [0.1, 0.15) is 5.75 Å². The van der Waals surface area contributed by atoms with Gasteiger partial charge < -0.3 is 9.84 Å². The number of cyclic esters (lactones) is 2. The molecule has 0 aliphatic carbocycles. The third-order valence-corrected chi connectivity index (χ3v) is 2.92. The normalized spacial score (nSPS) is 12.8. The van der Waals surface area contributed by atoms with Crippen molar-refractivity contribution >= 4 is 23.6 Å². The van der Waals surface area contributed by atoms with Gasteiger partial charge in [0.05, 0.1) is 5.57 Å². The second-order valence-corrected chi connectivity index (χ2v) is 4.40. The highest BCUT2D eigenvalue weighted by atomic mass is 16.6. The molecule has 0 aromatic heterocycles. The van der Waals surface area contributed by atoms with Crippen LogP contribution in [0.25, 0.3) is 11.6 Å². The monoisotopic (exact) mass is 294 g/mol. The number of phenolic OH excluding ortho intramolecular Hbond substituents is 1. The number of hydrogen-bond acceptors (Lipinski definition) is 4. The van der Waals surface area contributed by atoms with Crippen LogP contribution in [-0.2, 0) is 14.3 Å². The van der Waals surface area contributed by atoms with Gasteiger partial charge in [-0.1, -0.05) is 61.2 Å². The Morgan fingerprint density at radius 2 is 1.59 bits per heavy atom. The van der Waals surface area contributed by atoms with E-state index < -0.39 is 11.9 Å². The van der Waals surface area contributed by atoms with Gasteiger partial charge in [-0.3, -0.25) is 0 Å². The van der Waals surface area contributed by atoms with Crippen LogP contribution < -0.4 is 0 Å². The summed E-state index contributed by atoms with van der Waals surface area (Å²) < 4.78 is 4.36. The molecule has 1 heterocycles. The summed E-state index contributed by atoms with van der Waals surface area (Å²) in [4.78, 5) is 21.8. The topological polar surface area (TPSA) is 63.6 Å². The number of para-hydroxylation sites is 1. The minimum absolute atomic E-state index is 0.285. The molecule has 0 radical (unpaired) electrons. The molecule has 0 amide bonds. The lowest BCUT2D eigenvalue weighted by Gasteiger charge is -1.96. The van der Waals surface area contributed by atoms with Gasteiger partial charge in [-0.25, -0.2) is 9.59 Å². The van der Waals surface area contributed by atoms with E-state index in [4.69, 9.17) is 5.11 Å². The van der Waals surface area contributed by atoms with E-state index >= 15 is 0 Å². The van der Waals surface area contributed by atoms with Crippen LogP contribution in [0, 0.1) is 0 Å². The largest absolute Gasteiger partial charge is 0.507 e. The van der Waals surface area contributed by atoms with Gasteiger partial charge in [0.15, 0.2) is 0 Å². The summed E-state index contributed by atoms with van der Waals surface area (Å²) in [6.45, 7) is 3.53. The maximum Gasteiger partial charge on any atom is 0.346 e. The predicted molar refractivity (Wildman–Crippen MR) is 83.7 cm³/mol. The summed E-state index contributed by atoms with van der Waals surface area (Å²) in [5.41, 5.74) is 1.81. The van der Waals surface area contributed by atoms with Crippen LogP contribution in [0.2, 0.25) is 0 Å². The molecule has 0 fully saturated rings. The number of esters is 2. The van der Waals surface area contributed by atoms with E-state index in [9.17, 15) is 9.59 Å². The lowest BCUT2D eigenvalue weighted by atomic mass is 10.1. The molecule has 1 aliphatic rings. The smallest absolute Gasteiger partial charge is 0.346 e. The van der Waals surface area contributed by atoms with E-state index in [-0.39, 0.29) is 5.75 Å². The summed E-state index contributed by atoms with van der Waals surface area (Å²) in [7, 11) is 0. The first kappa shape index (κ1) is 15.3. The van der Waals surface area contributed by atoms with Crippen molar-refractivity contribution in [1.29, 1.82) is 0 Å². The third kappa shape index (κ3) is 3.70. The molecular formula is C18H14O4.